The van der Waals surface area contributed by atoms with E-state index in [2.05, 4.69) is 12.2 Å². The summed E-state index contributed by atoms with van der Waals surface area (Å²) in [4.78, 5) is 26.9. The molecule has 5 fully saturated rings. The van der Waals surface area contributed by atoms with Crippen LogP contribution in [0.25, 0.3) is 0 Å². The standard InChI is InChI=1S/C22H28N2O2/c1-14(22-11-15-7-16(12-22)9-17(8-15)13-22)23-19-10-20(25)24(21(19)26)18-5-3-2-4-6-18/h2-6,14-17,19,23H,7-13H2,1H3/p+1/t14-,15?,16?,17?,19-,22?/m0/s1. The van der Waals surface area contributed by atoms with Gasteiger partial charge in [0.05, 0.1) is 18.2 Å². The number of amides is 2. The number of nitrogens with two attached hydrogens (primary N) is 1. The Balaban J connectivity index is 1.32. The van der Waals surface area contributed by atoms with Crippen molar-refractivity contribution in [3.8, 4) is 0 Å². The lowest BCUT2D eigenvalue weighted by Crippen LogP contribution is -2.98. The monoisotopic (exact) mass is 353 g/mol. The summed E-state index contributed by atoms with van der Waals surface area (Å²) in [5.74, 6) is 2.66. The van der Waals surface area contributed by atoms with Crippen molar-refractivity contribution in [3.05, 3.63) is 30.3 Å². The van der Waals surface area contributed by atoms with E-state index in [1.807, 2.05) is 30.3 Å². The number of para-hydroxylation sites is 1. The van der Waals surface area contributed by atoms with Crippen molar-refractivity contribution in [2.24, 2.45) is 23.2 Å². The van der Waals surface area contributed by atoms with Crippen LogP contribution >= 0.6 is 0 Å². The highest BCUT2D eigenvalue weighted by atomic mass is 16.2. The Labute approximate surface area is 155 Å². The molecule has 2 amide bonds. The first kappa shape index (κ1) is 16.5. The largest absolute Gasteiger partial charge is 0.333 e. The van der Waals surface area contributed by atoms with E-state index in [1.165, 1.54) is 43.4 Å². The molecule has 26 heavy (non-hydrogen) atoms. The zero-order valence-electron chi connectivity index (χ0n) is 15.6. The quantitative estimate of drug-likeness (QED) is 0.846. The Morgan fingerprint density at radius 2 is 1.58 bits per heavy atom. The highest BCUT2D eigenvalue weighted by Gasteiger charge is 2.56. The molecule has 5 aliphatic rings. The molecule has 138 valence electrons. The smallest absolute Gasteiger partial charge is 0.292 e. The molecule has 0 unspecified atom stereocenters. The maximum Gasteiger partial charge on any atom is 0.292 e. The number of carbonyl (C=O) groups excluding carboxylic acids is 2. The second-order valence-corrected chi connectivity index (χ2v) is 9.47. The van der Waals surface area contributed by atoms with Crippen LogP contribution in [0, 0.1) is 23.2 Å². The molecule has 1 saturated heterocycles. The minimum Gasteiger partial charge on any atom is -0.333 e. The van der Waals surface area contributed by atoms with E-state index >= 15 is 0 Å². The van der Waals surface area contributed by atoms with Gasteiger partial charge in [0, 0.05) is 5.41 Å². The van der Waals surface area contributed by atoms with Crippen molar-refractivity contribution in [2.45, 2.75) is 64.0 Å². The molecule has 1 aromatic rings. The summed E-state index contributed by atoms with van der Waals surface area (Å²) < 4.78 is 0. The maximum atomic E-state index is 13.0. The van der Waals surface area contributed by atoms with Crippen LogP contribution in [0.15, 0.2) is 30.3 Å². The second kappa shape index (κ2) is 5.91. The molecule has 4 nitrogen and oxygen atoms in total. The lowest BCUT2D eigenvalue weighted by atomic mass is 9.48. The van der Waals surface area contributed by atoms with Crippen molar-refractivity contribution < 1.29 is 14.9 Å². The van der Waals surface area contributed by atoms with E-state index in [1.54, 1.807) is 0 Å². The Morgan fingerprint density at radius 1 is 1.00 bits per heavy atom. The van der Waals surface area contributed by atoms with Crippen molar-refractivity contribution in [2.75, 3.05) is 4.90 Å². The van der Waals surface area contributed by atoms with Crippen molar-refractivity contribution in [1.82, 2.24) is 0 Å². The molecule has 2 atom stereocenters. The number of benzene rings is 1. The molecule has 2 N–H and O–H groups in total. The summed E-state index contributed by atoms with van der Waals surface area (Å²) in [5.41, 5.74) is 1.11. The predicted molar refractivity (Wildman–Crippen MR) is 99.3 cm³/mol. The third-order valence-corrected chi connectivity index (χ3v) is 7.77. The van der Waals surface area contributed by atoms with Gasteiger partial charge in [-0.2, -0.15) is 0 Å². The van der Waals surface area contributed by atoms with Crippen molar-refractivity contribution >= 4 is 17.5 Å². The van der Waals surface area contributed by atoms with Crippen molar-refractivity contribution in [1.29, 1.82) is 0 Å². The molecule has 1 aliphatic heterocycles. The van der Waals surface area contributed by atoms with Gasteiger partial charge < -0.3 is 5.32 Å². The van der Waals surface area contributed by atoms with Gasteiger partial charge in [0.1, 0.15) is 0 Å². The van der Waals surface area contributed by atoms with Crippen LogP contribution in [0.3, 0.4) is 0 Å². The van der Waals surface area contributed by atoms with E-state index in [9.17, 15) is 9.59 Å². The second-order valence-electron chi connectivity index (χ2n) is 9.47. The van der Waals surface area contributed by atoms with Gasteiger partial charge in [-0.3, -0.25) is 9.59 Å². The average Bonchev–Trinajstić information content (AvgIpc) is 2.88. The Kier molecular flexibility index (Phi) is 3.75. The molecule has 4 heteroatoms. The number of anilines is 1. The minimum atomic E-state index is -0.245. The van der Waals surface area contributed by atoms with Crippen LogP contribution < -0.4 is 10.2 Å². The first-order valence-corrected chi connectivity index (χ1v) is 10.3. The summed E-state index contributed by atoms with van der Waals surface area (Å²) in [6.07, 6.45) is 8.68. The number of hydrogen-bond donors (Lipinski definition) is 1. The molecule has 1 aromatic carbocycles. The fourth-order valence-corrected chi connectivity index (χ4v) is 6.94. The van der Waals surface area contributed by atoms with Gasteiger partial charge in [-0.15, -0.1) is 0 Å². The predicted octanol–water partition coefficient (Wildman–Crippen LogP) is 2.49. The molecule has 6 rings (SSSR count). The van der Waals surface area contributed by atoms with E-state index in [0.717, 1.165) is 17.8 Å². The van der Waals surface area contributed by atoms with Crippen LogP contribution in [-0.4, -0.2) is 23.9 Å². The molecule has 1 heterocycles. The topological polar surface area (TPSA) is 54.0 Å². The SMILES string of the molecule is C[C@H]([NH2+][C@H]1CC(=O)N(c2ccccc2)C1=O)C12CC3CC(CC(C3)C1)C2. The number of carbonyl (C=O) groups is 2. The van der Waals surface area contributed by atoms with E-state index in [0.29, 0.717) is 23.6 Å². The molecule has 4 bridgehead atoms. The lowest BCUT2D eigenvalue weighted by molar-refractivity contribution is -0.720. The zero-order valence-corrected chi connectivity index (χ0v) is 15.6. The lowest BCUT2D eigenvalue weighted by Gasteiger charge is -2.58. The molecular formula is C22H29N2O2+. The van der Waals surface area contributed by atoms with E-state index in [4.69, 9.17) is 0 Å². The normalized spacial score (nSPS) is 39.7. The number of nitrogens with zero attached hydrogens (tertiary/aromatic N) is 1. The van der Waals surface area contributed by atoms with Gasteiger partial charge in [0.2, 0.25) is 5.91 Å². The molecule has 0 aromatic heterocycles. The first-order chi connectivity index (χ1) is 12.5. The van der Waals surface area contributed by atoms with Gasteiger partial charge in [-0.25, -0.2) is 4.90 Å². The van der Waals surface area contributed by atoms with E-state index < -0.39 is 0 Å². The average molecular weight is 353 g/mol. The van der Waals surface area contributed by atoms with Gasteiger partial charge in [0.15, 0.2) is 6.04 Å². The molecule has 0 spiro atoms. The summed E-state index contributed by atoms with van der Waals surface area (Å²) in [6.45, 7) is 2.32. The highest BCUT2D eigenvalue weighted by Crippen LogP contribution is 2.60. The maximum absolute atomic E-state index is 13.0. The number of imide groups is 1. The van der Waals surface area contributed by atoms with Crippen molar-refractivity contribution in [3.63, 3.8) is 0 Å². The van der Waals surface area contributed by atoms with Gasteiger partial charge >= 0.3 is 0 Å². The molecular weight excluding hydrogens is 324 g/mol. The summed E-state index contributed by atoms with van der Waals surface area (Å²) in [7, 11) is 0. The van der Waals surface area contributed by atoms with Gasteiger partial charge in [-0.1, -0.05) is 18.2 Å². The number of rotatable bonds is 4. The minimum absolute atomic E-state index is 0.0298. The van der Waals surface area contributed by atoms with Crippen LogP contribution in [0.5, 0.6) is 0 Å². The van der Waals surface area contributed by atoms with Gasteiger partial charge in [0.25, 0.3) is 5.91 Å². The zero-order chi connectivity index (χ0) is 17.9. The third-order valence-electron chi connectivity index (χ3n) is 7.77. The van der Waals surface area contributed by atoms with Crippen LogP contribution in [0.1, 0.15) is 51.9 Å². The summed E-state index contributed by atoms with van der Waals surface area (Å²) in [6, 6.07) is 9.55. The highest BCUT2D eigenvalue weighted by molar-refractivity contribution is 6.21. The van der Waals surface area contributed by atoms with Crippen LogP contribution in [0.2, 0.25) is 0 Å². The molecule has 4 aliphatic carbocycles. The fraction of sp³-hybridized carbons (Fsp3) is 0.636. The Morgan fingerprint density at radius 3 is 2.15 bits per heavy atom. The number of hydrogen-bond acceptors (Lipinski definition) is 2. The Hall–Kier alpha value is -1.68. The fourth-order valence-electron chi connectivity index (χ4n) is 6.94. The third kappa shape index (κ3) is 2.53. The summed E-state index contributed by atoms with van der Waals surface area (Å²) >= 11 is 0. The number of quaternary nitrogens is 1. The first-order valence-electron chi connectivity index (χ1n) is 10.3. The van der Waals surface area contributed by atoms with E-state index in [-0.39, 0.29) is 17.9 Å². The Bertz CT molecular complexity index is 694. The summed E-state index contributed by atoms with van der Waals surface area (Å²) in [5, 5.41) is 2.25. The molecule has 0 radical (unpaired) electrons. The molecule has 4 saturated carbocycles. The van der Waals surface area contributed by atoms with Crippen LogP contribution in [0.4, 0.5) is 5.69 Å². The van der Waals surface area contributed by atoms with Gasteiger partial charge in [-0.05, 0) is 75.3 Å². The van der Waals surface area contributed by atoms with Crippen LogP contribution in [-0.2, 0) is 9.59 Å².